The Kier molecular flexibility index (Phi) is 11.4. The van der Waals surface area contributed by atoms with Crippen LogP contribution < -0.4 is 9.47 Å². The predicted octanol–water partition coefficient (Wildman–Crippen LogP) is 8.17. The van der Waals surface area contributed by atoms with Gasteiger partial charge in [-0.15, -0.1) is 0 Å². The molecule has 0 bridgehead atoms. The number of ether oxygens (including phenoxy) is 3. The van der Waals surface area contributed by atoms with E-state index in [4.69, 9.17) is 19.2 Å². The molecule has 0 spiro atoms. The van der Waals surface area contributed by atoms with E-state index in [1.54, 1.807) is 6.20 Å². The molecule has 1 aromatic carbocycles. The van der Waals surface area contributed by atoms with Crippen LogP contribution in [0.3, 0.4) is 0 Å². The Hall–Kier alpha value is -2.14. The molecular weight excluding hydrogens is 448 g/mol. The van der Waals surface area contributed by atoms with E-state index in [1.165, 1.54) is 83.5 Å². The smallest absolute Gasteiger partial charge is 0.260 e. The average molecular weight is 495 g/mol. The molecule has 0 N–H and O–H groups in total. The van der Waals surface area contributed by atoms with Gasteiger partial charge in [0, 0.05) is 5.56 Å². The minimum Gasteiger partial charge on any atom is -0.487 e. The molecule has 198 valence electrons. The van der Waals surface area contributed by atoms with Crippen molar-refractivity contribution in [3.05, 3.63) is 36.5 Å². The van der Waals surface area contributed by atoms with Gasteiger partial charge in [-0.1, -0.05) is 121 Å². The quantitative estimate of drug-likeness (QED) is 0.154. The first-order valence-electron chi connectivity index (χ1n) is 14.7. The largest absolute Gasteiger partial charge is 0.487 e. The summed E-state index contributed by atoms with van der Waals surface area (Å²) < 4.78 is 18.1. The van der Waals surface area contributed by atoms with E-state index in [1.807, 2.05) is 30.3 Å². The van der Waals surface area contributed by atoms with Gasteiger partial charge in [-0.25, -0.2) is 4.98 Å². The minimum absolute atomic E-state index is 0.166. The Morgan fingerprint density at radius 1 is 0.833 bits per heavy atom. The Bertz CT molecular complexity index is 869. The summed E-state index contributed by atoms with van der Waals surface area (Å²) in [6, 6.07) is 10.0. The fourth-order valence-electron chi connectivity index (χ4n) is 5.34. The van der Waals surface area contributed by atoms with Gasteiger partial charge < -0.3 is 14.2 Å². The van der Waals surface area contributed by atoms with E-state index >= 15 is 0 Å². The lowest BCUT2D eigenvalue weighted by molar-refractivity contribution is 0.229. The maximum absolute atomic E-state index is 6.14. The normalized spacial score (nSPS) is 19.5. The van der Waals surface area contributed by atoms with Gasteiger partial charge in [0.15, 0.2) is 11.6 Å². The van der Waals surface area contributed by atoms with Crippen molar-refractivity contribution in [3.63, 3.8) is 0 Å². The number of epoxide rings is 1. The summed E-state index contributed by atoms with van der Waals surface area (Å²) in [7, 11) is 0. The number of hydrogen-bond donors (Lipinski definition) is 0. The van der Waals surface area contributed by atoms with Gasteiger partial charge in [0.2, 0.25) is 0 Å². The molecule has 0 radical (unpaired) electrons. The third-order valence-corrected chi connectivity index (χ3v) is 7.66. The molecule has 2 atom stereocenters. The van der Waals surface area contributed by atoms with E-state index in [9.17, 15) is 0 Å². The fraction of sp³-hybridized carbons (Fsp3) is 0.677. The molecule has 5 heteroatoms. The van der Waals surface area contributed by atoms with Crippen molar-refractivity contribution in [2.45, 2.75) is 115 Å². The van der Waals surface area contributed by atoms with Crippen LogP contribution in [0.25, 0.3) is 11.4 Å². The minimum atomic E-state index is 0.166. The van der Waals surface area contributed by atoms with Crippen molar-refractivity contribution in [2.24, 2.45) is 5.92 Å². The molecule has 5 nitrogen and oxygen atoms in total. The molecule has 2 aliphatic rings. The lowest BCUT2D eigenvalue weighted by Gasteiger charge is -2.12. The van der Waals surface area contributed by atoms with Crippen LogP contribution in [0.15, 0.2) is 36.5 Å². The Morgan fingerprint density at radius 3 is 2.42 bits per heavy atom. The zero-order valence-electron chi connectivity index (χ0n) is 22.3. The lowest BCUT2D eigenvalue weighted by Crippen LogP contribution is -2.11. The average Bonchev–Trinajstić information content (AvgIpc) is 3.46. The van der Waals surface area contributed by atoms with Crippen LogP contribution in [0, 0.1) is 5.92 Å². The van der Waals surface area contributed by atoms with Crippen LogP contribution >= 0.6 is 0 Å². The summed E-state index contributed by atoms with van der Waals surface area (Å²) >= 11 is 0. The second-order valence-electron chi connectivity index (χ2n) is 10.7. The van der Waals surface area contributed by atoms with Crippen LogP contribution in [-0.2, 0) is 4.74 Å². The van der Waals surface area contributed by atoms with E-state index in [-0.39, 0.29) is 6.10 Å². The topological polar surface area (TPSA) is 56.8 Å². The first-order chi connectivity index (χ1) is 17.8. The molecule has 1 aromatic heterocycles. The third-order valence-electron chi connectivity index (χ3n) is 7.66. The van der Waals surface area contributed by atoms with Crippen LogP contribution in [0.2, 0.25) is 0 Å². The maximum atomic E-state index is 6.14. The van der Waals surface area contributed by atoms with Gasteiger partial charge in [-0.05, 0) is 18.8 Å². The van der Waals surface area contributed by atoms with E-state index in [0.717, 1.165) is 24.3 Å². The van der Waals surface area contributed by atoms with Gasteiger partial charge in [-0.3, -0.25) is 0 Å². The molecule has 36 heavy (non-hydrogen) atoms. The second kappa shape index (κ2) is 15.2. The number of aromatic nitrogens is 2. The highest BCUT2D eigenvalue weighted by Crippen LogP contribution is 2.32. The first kappa shape index (κ1) is 26.9. The highest BCUT2D eigenvalue weighted by molar-refractivity contribution is 5.56. The van der Waals surface area contributed by atoms with Crippen molar-refractivity contribution in [1.29, 1.82) is 0 Å². The molecule has 0 amide bonds. The van der Waals surface area contributed by atoms with Crippen molar-refractivity contribution in [1.82, 2.24) is 9.97 Å². The van der Waals surface area contributed by atoms with Crippen LogP contribution in [-0.4, -0.2) is 35.4 Å². The monoisotopic (exact) mass is 494 g/mol. The maximum Gasteiger partial charge on any atom is 0.260 e. The molecule has 2 heterocycles. The van der Waals surface area contributed by atoms with E-state index in [0.29, 0.717) is 36.8 Å². The van der Waals surface area contributed by atoms with Crippen LogP contribution in [0.5, 0.6) is 11.6 Å². The highest BCUT2D eigenvalue weighted by Gasteiger charge is 2.39. The van der Waals surface area contributed by atoms with Gasteiger partial charge in [-0.2, -0.15) is 4.98 Å². The summed E-state index contributed by atoms with van der Waals surface area (Å²) in [4.78, 5) is 9.27. The van der Waals surface area contributed by atoms with E-state index < -0.39 is 0 Å². The summed E-state index contributed by atoms with van der Waals surface area (Å²) in [6.07, 6.45) is 22.0. The van der Waals surface area contributed by atoms with Crippen LogP contribution in [0.4, 0.5) is 0 Å². The molecule has 1 aliphatic heterocycles. The highest BCUT2D eigenvalue weighted by atomic mass is 16.6. The predicted molar refractivity (Wildman–Crippen MR) is 146 cm³/mol. The Balaban J connectivity index is 1.21. The standard InChI is InChI=1S/C31H46N2O3/c1-2-3-4-12-21-27-29(36-27)24-35-31-28(23-32-30(33-31)26-19-10-8-11-20-26)34-22-15-7-5-6-9-16-25-17-13-14-18-25/h8,10-11,19-20,23,25,27,29H,2-7,9,12-18,21-22,24H2,1H3. The Labute approximate surface area is 218 Å². The number of nitrogens with zero attached hydrogens (tertiary/aromatic N) is 2. The van der Waals surface area contributed by atoms with Crippen LogP contribution in [0.1, 0.15) is 103 Å². The zero-order valence-corrected chi connectivity index (χ0v) is 22.3. The molecular formula is C31H46N2O3. The van der Waals surface area contributed by atoms with Crippen molar-refractivity contribution >= 4 is 0 Å². The second-order valence-corrected chi connectivity index (χ2v) is 10.7. The molecule has 1 saturated carbocycles. The zero-order chi connectivity index (χ0) is 24.8. The van der Waals surface area contributed by atoms with Gasteiger partial charge in [0.1, 0.15) is 12.7 Å². The molecule has 2 fully saturated rings. The van der Waals surface area contributed by atoms with Crippen molar-refractivity contribution < 1.29 is 14.2 Å². The molecule has 2 unspecified atom stereocenters. The van der Waals surface area contributed by atoms with E-state index in [2.05, 4.69) is 11.9 Å². The summed E-state index contributed by atoms with van der Waals surface area (Å²) in [5.41, 5.74) is 0.975. The molecule has 1 saturated heterocycles. The summed E-state index contributed by atoms with van der Waals surface area (Å²) in [5.74, 6) is 2.84. The molecule has 4 rings (SSSR count). The first-order valence-corrected chi connectivity index (χ1v) is 14.7. The summed E-state index contributed by atoms with van der Waals surface area (Å²) in [6.45, 7) is 3.43. The summed E-state index contributed by atoms with van der Waals surface area (Å²) in [5, 5.41) is 0. The Morgan fingerprint density at radius 2 is 1.58 bits per heavy atom. The molecule has 2 aromatic rings. The van der Waals surface area contributed by atoms with Gasteiger partial charge >= 0.3 is 0 Å². The number of rotatable bonds is 18. The van der Waals surface area contributed by atoms with Crippen molar-refractivity contribution in [2.75, 3.05) is 13.2 Å². The number of hydrogen-bond acceptors (Lipinski definition) is 5. The van der Waals surface area contributed by atoms with Crippen molar-refractivity contribution in [3.8, 4) is 23.0 Å². The molecule has 1 aliphatic carbocycles. The fourth-order valence-corrected chi connectivity index (χ4v) is 5.34. The number of benzene rings is 1. The third kappa shape index (κ3) is 9.06. The lowest BCUT2D eigenvalue weighted by atomic mass is 9.99. The number of unbranched alkanes of at least 4 members (excludes halogenated alkanes) is 7. The van der Waals surface area contributed by atoms with Gasteiger partial charge in [0.05, 0.1) is 18.9 Å². The van der Waals surface area contributed by atoms with Gasteiger partial charge in [0.25, 0.3) is 5.88 Å². The SMILES string of the molecule is CCCCCCC1OC1COc1nc(-c2ccccc2)ncc1OCCCCCCCC1CCCC1.